The van der Waals surface area contributed by atoms with Gasteiger partial charge in [0.25, 0.3) is 0 Å². The van der Waals surface area contributed by atoms with Crippen molar-refractivity contribution in [1.29, 1.82) is 0 Å². The first-order valence-corrected chi connectivity index (χ1v) is 8.61. The van der Waals surface area contributed by atoms with Crippen LogP contribution in [0, 0.1) is 17.8 Å². The Morgan fingerprint density at radius 2 is 1.84 bits per heavy atom. The first-order chi connectivity index (χ1) is 9.20. The van der Waals surface area contributed by atoms with Crippen LogP contribution in [0.1, 0.15) is 78.1 Å². The predicted octanol–water partition coefficient (Wildman–Crippen LogP) is 5.06. The Labute approximate surface area is 120 Å². The van der Waals surface area contributed by atoms with Crippen LogP contribution in [0.3, 0.4) is 0 Å². The Kier molecular flexibility index (Phi) is 5.94. The molecule has 0 radical (unpaired) electrons. The molecule has 1 saturated carbocycles. The van der Waals surface area contributed by atoms with Crippen molar-refractivity contribution in [2.45, 2.75) is 78.1 Å². The molecule has 0 aliphatic heterocycles. The molecular formula is C18H33N. The first-order valence-electron chi connectivity index (χ1n) is 8.61. The Morgan fingerprint density at radius 3 is 2.53 bits per heavy atom. The van der Waals surface area contributed by atoms with E-state index >= 15 is 0 Å². The average molecular weight is 263 g/mol. The highest BCUT2D eigenvalue weighted by molar-refractivity contribution is 5.18. The molecule has 1 heteroatoms. The van der Waals surface area contributed by atoms with E-state index in [1.807, 2.05) is 0 Å². The van der Waals surface area contributed by atoms with Crippen LogP contribution >= 0.6 is 0 Å². The number of hydrogen-bond acceptors (Lipinski definition) is 1. The number of allylic oxidation sites excluding steroid dienone is 2. The predicted molar refractivity (Wildman–Crippen MR) is 84.1 cm³/mol. The normalized spacial score (nSPS) is 32.8. The van der Waals surface area contributed by atoms with Crippen LogP contribution in [0.5, 0.6) is 0 Å². The molecule has 19 heavy (non-hydrogen) atoms. The lowest BCUT2D eigenvalue weighted by molar-refractivity contribution is 0.334. The summed E-state index contributed by atoms with van der Waals surface area (Å²) in [6.45, 7) is 5.64. The second-order valence-electron chi connectivity index (χ2n) is 7.17. The number of fused-ring (bicyclic) bond motifs is 2. The van der Waals surface area contributed by atoms with Gasteiger partial charge in [0.1, 0.15) is 0 Å². The lowest BCUT2D eigenvalue weighted by Gasteiger charge is -2.29. The molecule has 2 aliphatic carbocycles. The molecule has 2 aliphatic rings. The average Bonchev–Trinajstić information content (AvgIpc) is 2.61. The van der Waals surface area contributed by atoms with Gasteiger partial charge >= 0.3 is 0 Å². The van der Waals surface area contributed by atoms with Crippen LogP contribution in [0.15, 0.2) is 11.1 Å². The Balaban J connectivity index is 2.15. The molecule has 2 bridgehead atoms. The molecule has 110 valence electrons. The molecule has 0 aromatic rings. The molecular weight excluding hydrogens is 230 g/mol. The molecule has 1 fully saturated rings. The maximum absolute atomic E-state index is 5.73. The van der Waals surface area contributed by atoms with Gasteiger partial charge in [-0.25, -0.2) is 0 Å². The fraction of sp³-hybridized carbons (Fsp3) is 0.889. The third-order valence-electron chi connectivity index (χ3n) is 5.34. The number of rotatable bonds is 4. The van der Waals surface area contributed by atoms with Crippen molar-refractivity contribution in [1.82, 2.24) is 0 Å². The summed E-state index contributed by atoms with van der Waals surface area (Å²) in [5.41, 5.74) is 9.32. The van der Waals surface area contributed by atoms with Gasteiger partial charge in [0, 0.05) is 0 Å². The highest BCUT2D eigenvalue weighted by Gasteiger charge is 2.25. The van der Waals surface area contributed by atoms with Crippen LogP contribution < -0.4 is 5.73 Å². The van der Waals surface area contributed by atoms with E-state index in [1.54, 1.807) is 11.1 Å². The van der Waals surface area contributed by atoms with Gasteiger partial charge < -0.3 is 5.73 Å². The maximum Gasteiger partial charge on any atom is -0.00742 e. The van der Waals surface area contributed by atoms with Crippen molar-refractivity contribution < 1.29 is 0 Å². The highest BCUT2D eigenvalue weighted by atomic mass is 14.5. The van der Waals surface area contributed by atoms with E-state index in [4.69, 9.17) is 5.73 Å². The van der Waals surface area contributed by atoms with Gasteiger partial charge in [0.2, 0.25) is 0 Å². The van der Waals surface area contributed by atoms with Gasteiger partial charge in [-0.3, -0.25) is 0 Å². The summed E-state index contributed by atoms with van der Waals surface area (Å²) in [5.74, 6) is 2.75. The topological polar surface area (TPSA) is 26.0 Å². The van der Waals surface area contributed by atoms with Crippen LogP contribution in [0.25, 0.3) is 0 Å². The fourth-order valence-corrected chi connectivity index (χ4v) is 4.26. The van der Waals surface area contributed by atoms with Crippen LogP contribution in [-0.4, -0.2) is 6.54 Å². The molecule has 0 aromatic carbocycles. The molecule has 0 saturated heterocycles. The van der Waals surface area contributed by atoms with E-state index in [2.05, 4.69) is 13.8 Å². The highest BCUT2D eigenvalue weighted by Crippen LogP contribution is 2.40. The summed E-state index contributed by atoms with van der Waals surface area (Å²) in [6.07, 6.45) is 14.1. The first kappa shape index (κ1) is 15.1. The fourth-order valence-electron chi connectivity index (χ4n) is 4.26. The minimum atomic E-state index is 0.743. The summed E-state index contributed by atoms with van der Waals surface area (Å²) in [7, 11) is 0. The van der Waals surface area contributed by atoms with Crippen LogP contribution in [0.2, 0.25) is 0 Å². The molecule has 0 heterocycles. The Hall–Kier alpha value is -0.300. The van der Waals surface area contributed by atoms with E-state index in [1.165, 1.54) is 64.2 Å². The van der Waals surface area contributed by atoms with Crippen molar-refractivity contribution in [3.8, 4) is 0 Å². The van der Waals surface area contributed by atoms with Crippen molar-refractivity contribution in [3.05, 3.63) is 11.1 Å². The lowest BCUT2D eigenvalue weighted by atomic mass is 9.77. The minimum Gasteiger partial charge on any atom is -0.330 e. The largest absolute Gasteiger partial charge is 0.330 e. The van der Waals surface area contributed by atoms with Gasteiger partial charge in [0.05, 0.1) is 0 Å². The molecule has 1 nitrogen and oxygen atoms in total. The Morgan fingerprint density at radius 1 is 1.11 bits per heavy atom. The Bertz CT molecular complexity index is 303. The summed E-state index contributed by atoms with van der Waals surface area (Å²) >= 11 is 0. The maximum atomic E-state index is 5.73. The van der Waals surface area contributed by atoms with E-state index in [0.717, 1.165) is 24.3 Å². The molecule has 2 unspecified atom stereocenters. The molecule has 0 aromatic heterocycles. The van der Waals surface area contributed by atoms with E-state index in [0.29, 0.717) is 0 Å². The van der Waals surface area contributed by atoms with Gasteiger partial charge in [-0.05, 0) is 62.8 Å². The molecule has 2 atom stereocenters. The van der Waals surface area contributed by atoms with Gasteiger partial charge in [-0.15, -0.1) is 0 Å². The standard InChI is InChI=1S/C18H33N/c1-14(2)18-13-16-7-4-3-6-15(12-16)9-10-17(18)8-5-11-19/h14-16H,3-13,19H2,1-2H3/b18-17+. The molecule has 0 spiro atoms. The SMILES string of the molecule is CC(C)/C1=C(\CCCN)CCC2CCCCC(C1)C2. The van der Waals surface area contributed by atoms with E-state index in [9.17, 15) is 0 Å². The van der Waals surface area contributed by atoms with E-state index in [-0.39, 0.29) is 0 Å². The zero-order valence-electron chi connectivity index (χ0n) is 13.1. The number of nitrogens with two attached hydrogens (primary N) is 1. The monoisotopic (exact) mass is 263 g/mol. The van der Waals surface area contributed by atoms with Crippen LogP contribution in [-0.2, 0) is 0 Å². The smallest absolute Gasteiger partial charge is 0.00742 e. The van der Waals surface area contributed by atoms with Crippen LogP contribution in [0.4, 0.5) is 0 Å². The lowest BCUT2D eigenvalue weighted by Crippen LogP contribution is -2.15. The zero-order valence-corrected chi connectivity index (χ0v) is 13.1. The second-order valence-corrected chi connectivity index (χ2v) is 7.17. The summed E-state index contributed by atoms with van der Waals surface area (Å²) in [5, 5.41) is 0. The van der Waals surface area contributed by atoms with Crippen molar-refractivity contribution in [2.24, 2.45) is 23.5 Å². The van der Waals surface area contributed by atoms with Gasteiger partial charge in [-0.1, -0.05) is 50.7 Å². The summed E-state index contributed by atoms with van der Waals surface area (Å²) in [4.78, 5) is 0. The van der Waals surface area contributed by atoms with Crippen molar-refractivity contribution >= 4 is 0 Å². The van der Waals surface area contributed by atoms with Gasteiger partial charge in [-0.2, -0.15) is 0 Å². The molecule has 0 amide bonds. The van der Waals surface area contributed by atoms with E-state index < -0.39 is 0 Å². The molecule has 2 N–H and O–H groups in total. The third-order valence-corrected chi connectivity index (χ3v) is 5.34. The third kappa shape index (κ3) is 4.34. The number of hydrogen-bond donors (Lipinski definition) is 1. The van der Waals surface area contributed by atoms with Gasteiger partial charge in [0.15, 0.2) is 0 Å². The summed E-state index contributed by atoms with van der Waals surface area (Å²) < 4.78 is 0. The molecule has 2 rings (SSSR count). The van der Waals surface area contributed by atoms with Crippen molar-refractivity contribution in [2.75, 3.05) is 6.54 Å². The second kappa shape index (κ2) is 7.47. The quantitative estimate of drug-likeness (QED) is 0.705. The summed E-state index contributed by atoms with van der Waals surface area (Å²) in [6, 6.07) is 0. The minimum absolute atomic E-state index is 0.743. The zero-order chi connectivity index (χ0) is 13.7. The van der Waals surface area contributed by atoms with Crippen molar-refractivity contribution in [3.63, 3.8) is 0 Å².